The number of carbonyl (C=O) groups excluding carboxylic acids is 2. The smallest absolute Gasteiger partial charge is 0.271 e. The Hall–Kier alpha value is -3.82. The maximum atomic E-state index is 12.7. The summed E-state index contributed by atoms with van der Waals surface area (Å²) in [5.41, 5.74) is 0.422. The average molecular weight is 360 g/mol. The van der Waals surface area contributed by atoms with Gasteiger partial charge in [0, 0.05) is 23.5 Å². The normalized spacial score (nSPS) is 10.3. The molecule has 0 fully saturated rings. The lowest BCUT2D eigenvalue weighted by atomic mass is 10.3. The average Bonchev–Trinajstić information content (AvgIpc) is 2.61. The number of nitrogens with zero attached hydrogens (tertiary/aromatic N) is 2. The van der Waals surface area contributed by atoms with Crippen LogP contribution in [0.4, 0.5) is 21.5 Å². The van der Waals surface area contributed by atoms with Gasteiger partial charge in [-0.15, -0.1) is 0 Å². The van der Waals surface area contributed by atoms with E-state index in [0.29, 0.717) is 5.69 Å². The lowest BCUT2D eigenvalue weighted by Gasteiger charge is -2.04. The van der Waals surface area contributed by atoms with Crippen molar-refractivity contribution in [3.05, 3.63) is 64.5 Å². The molecule has 9 nitrogen and oxygen atoms in total. The summed E-state index contributed by atoms with van der Waals surface area (Å²) in [6, 6.07) is 10.5. The van der Waals surface area contributed by atoms with Crippen LogP contribution in [-0.2, 0) is 14.4 Å². The molecule has 134 valence electrons. The van der Waals surface area contributed by atoms with Gasteiger partial charge in [0.05, 0.1) is 4.92 Å². The number of amides is 2. The van der Waals surface area contributed by atoms with Crippen LogP contribution < -0.4 is 10.6 Å². The minimum atomic E-state index is -0.690. The van der Waals surface area contributed by atoms with Gasteiger partial charge in [0.15, 0.2) is 6.61 Å². The molecule has 2 amide bonds. The highest BCUT2D eigenvalue weighted by molar-refractivity contribution is 6.31. The standard InChI is InChI=1S/C16H13FN4O5/c17-11-4-6-12(7-5-11)19-16(23)10-26-18-9-15(22)20-13-2-1-3-14(8-13)21(24)25/h1-9H,10H2,(H,19,23)(H,20,22)/b18-9-. The van der Waals surface area contributed by atoms with E-state index >= 15 is 0 Å². The highest BCUT2D eigenvalue weighted by atomic mass is 19.1. The maximum absolute atomic E-state index is 12.7. The van der Waals surface area contributed by atoms with E-state index in [1.807, 2.05) is 0 Å². The van der Waals surface area contributed by atoms with Crippen molar-refractivity contribution in [3.8, 4) is 0 Å². The summed E-state index contributed by atoms with van der Waals surface area (Å²) in [7, 11) is 0. The zero-order chi connectivity index (χ0) is 18.9. The number of benzene rings is 2. The number of oxime groups is 1. The number of non-ortho nitro benzene ring substituents is 1. The fourth-order valence-electron chi connectivity index (χ4n) is 1.78. The van der Waals surface area contributed by atoms with Gasteiger partial charge >= 0.3 is 0 Å². The molecule has 0 radical (unpaired) electrons. The lowest BCUT2D eigenvalue weighted by Crippen LogP contribution is -2.18. The number of halogens is 1. The number of hydrogen-bond donors (Lipinski definition) is 2. The second kappa shape index (κ2) is 8.87. The number of hydrogen-bond acceptors (Lipinski definition) is 6. The van der Waals surface area contributed by atoms with Crippen LogP contribution in [0.5, 0.6) is 0 Å². The number of anilines is 2. The second-order valence-corrected chi connectivity index (χ2v) is 4.86. The predicted octanol–water partition coefficient (Wildman–Crippen LogP) is 2.31. The van der Waals surface area contributed by atoms with Crippen molar-refractivity contribution in [3.63, 3.8) is 0 Å². The molecule has 2 rings (SSSR count). The van der Waals surface area contributed by atoms with Gasteiger partial charge < -0.3 is 15.5 Å². The Morgan fingerprint density at radius 3 is 2.58 bits per heavy atom. The highest BCUT2D eigenvalue weighted by Gasteiger charge is 2.07. The Balaban J connectivity index is 1.76. The third-order valence-corrected chi connectivity index (χ3v) is 2.89. The molecule has 0 bridgehead atoms. The van der Waals surface area contributed by atoms with Crippen LogP contribution in [0.3, 0.4) is 0 Å². The topological polar surface area (TPSA) is 123 Å². The first kappa shape index (κ1) is 18.5. The van der Waals surface area contributed by atoms with Crippen LogP contribution >= 0.6 is 0 Å². The lowest BCUT2D eigenvalue weighted by molar-refractivity contribution is -0.384. The summed E-state index contributed by atoms with van der Waals surface area (Å²) in [4.78, 5) is 37.9. The SMILES string of the molecule is O=C(/C=N\OCC(=O)Nc1ccc(F)cc1)Nc1cccc([N+](=O)[O-])c1. The van der Waals surface area contributed by atoms with Crippen molar-refractivity contribution in [1.82, 2.24) is 0 Å². The van der Waals surface area contributed by atoms with Gasteiger partial charge in [0.25, 0.3) is 17.5 Å². The van der Waals surface area contributed by atoms with Crippen molar-refractivity contribution < 1.29 is 23.7 Å². The van der Waals surface area contributed by atoms with E-state index in [-0.39, 0.29) is 11.4 Å². The minimum absolute atomic E-state index is 0.173. The Labute approximate surface area is 146 Å². The molecular formula is C16H13FN4O5. The summed E-state index contributed by atoms with van der Waals surface area (Å²) in [5, 5.41) is 18.8. The number of rotatable bonds is 7. The predicted molar refractivity (Wildman–Crippen MR) is 91.2 cm³/mol. The second-order valence-electron chi connectivity index (χ2n) is 4.86. The molecule has 0 saturated carbocycles. The summed E-state index contributed by atoms with van der Waals surface area (Å²) < 4.78 is 12.7. The van der Waals surface area contributed by atoms with Crippen molar-refractivity contribution in [2.75, 3.05) is 17.2 Å². The molecule has 0 aliphatic rings. The fraction of sp³-hybridized carbons (Fsp3) is 0.0625. The van der Waals surface area contributed by atoms with Crippen LogP contribution in [0, 0.1) is 15.9 Å². The summed E-state index contributed by atoms with van der Waals surface area (Å²) in [6.07, 6.45) is 0.782. The molecule has 2 aromatic rings. The molecule has 2 aromatic carbocycles. The number of nitro benzene ring substituents is 1. The van der Waals surface area contributed by atoms with Crippen molar-refractivity contribution in [2.45, 2.75) is 0 Å². The Morgan fingerprint density at radius 2 is 1.88 bits per heavy atom. The van der Waals surface area contributed by atoms with Gasteiger partial charge in [-0.3, -0.25) is 19.7 Å². The molecule has 0 atom stereocenters. The maximum Gasteiger partial charge on any atom is 0.271 e. The molecule has 10 heteroatoms. The van der Waals surface area contributed by atoms with Gasteiger partial charge in [-0.1, -0.05) is 11.2 Å². The highest BCUT2D eigenvalue weighted by Crippen LogP contribution is 2.16. The Bertz CT molecular complexity index is 839. The van der Waals surface area contributed by atoms with Crippen LogP contribution in [0.2, 0.25) is 0 Å². The van der Waals surface area contributed by atoms with E-state index in [2.05, 4.69) is 20.6 Å². The van der Waals surface area contributed by atoms with Gasteiger partial charge in [0.2, 0.25) is 0 Å². The third-order valence-electron chi connectivity index (χ3n) is 2.89. The van der Waals surface area contributed by atoms with Crippen molar-refractivity contribution in [2.24, 2.45) is 5.16 Å². The van der Waals surface area contributed by atoms with Crippen molar-refractivity contribution in [1.29, 1.82) is 0 Å². The quantitative estimate of drug-likeness (QED) is 0.446. The van der Waals surface area contributed by atoms with Crippen LogP contribution in [0.1, 0.15) is 0 Å². The first-order valence-corrected chi connectivity index (χ1v) is 7.20. The largest absolute Gasteiger partial charge is 0.385 e. The molecule has 0 aliphatic heterocycles. The van der Waals surface area contributed by atoms with Crippen LogP contribution in [-0.4, -0.2) is 29.6 Å². The summed E-state index contributed by atoms with van der Waals surface area (Å²) >= 11 is 0. The van der Waals surface area contributed by atoms with E-state index in [0.717, 1.165) is 6.21 Å². The monoisotopic (exact) mass is 360 g/mol. The Morgan fingerprint density at radius 1 is 1.15 bits per heavy atom. The summed E-state index contributed by atoms with van der Waals surface area (Å²) in [5.74, 6) is -1.67. The van der Waals surface area contributed by atoms with Crippen LogP contribution in [0.25, 0.3) is 0 Å². The molecule has 2 N–H and O–H groups in total. The molecule has 0 unspecified atom stereocenters. The molecule has 26 heavy (non-hydrogen) atoms. The first-order valence-electron chi connectivity index (χ1n) is 7.20. The van der Waals surface area contributed by atoms with Gasteiger partial charge in [-0.2, -0.15) is 0 Å². The molecule has 0 heterocycles. The Kier molecular flexibility index (Phi) is 6.32. The fourth-order valence-corrected chi connectivity index (χ4v) is 1.78. The number of carbonyl (C=O) groups is 2. The summed E-state index contributed by atoms with van der Waals surface area (Å²) in [6.45, 7) is -0.460. The van der Waals surface area contributed by atoms with Crippen molar-refractivity contribution >= 4 is 35.1 Å². The zero-order valence-corrected chi connectivity index (χ0v) is 13.2. The number of nitro groups is 1. The molecular weight excluding hydrogens is 347 g/mol. The number of nitrogens with one attached hydrogen (secondary N) is 2. The van der Waals surface area contributed by atoms with Gasteiger partial charge in [-0.25, -0.2) is 4.39 Å². The van der Waals surface area contributed by atoms with E-state index in [1.165, 1.54) is 48.5 Å². The first-order chi connectivity index (χ1) is 12.4. The molecule has 0 spiro atoms. The van der Waals surface area contributed by atoms with Gasteiger partial charge in [-0.05, 0) is 30.3 Å². The van der Waals surface area contributed by atoms with Gasteiger partial charge in [0.1, 0.15) is 12.0 Å². The third kappa shape index (κ3) is 6.00. The zero-order valence-electron chi connectivity index (χ0n) is 13.2. The van der Waals surface area contributed by atoms with E-state index in [4.69, 9.17) is 0 Å². The van der Waals surface area contributed by atoms with E-state index < -0.39 is 29.2 Å². The van der Waals surface area contributed by atoms with E-state index in [1.54, 1.807) is 0 Å². The molecule has 0 saturated heterocycles. The molecule has 0 aromatic heterocycles. The van der Waals surface area contributed by atoms with E-state index in [9.17, 15) is 24.1 Å². The minimum Gasteiger partial charge on any atom is -0.385 e. The molecule has 0 aliphatic carbocycles. The van der Waals surface area contributed by atoms with Crippen LogP contribution in [0.15, 0.2) is 53.7 Å².